The Kier molecular flexibility index (Phi) is 4.24. The summed E-state index contributed by atoms with van der Waals surface area (Å²) >= 11 is 0. The van der Waals surface area contributed by atoms with Gasteiger partial charge in [0.25, 0.3) is 0 Å². The molecule has 0 saturated heterocycles. The van der Waals surface area contributed by atoms with E-state index >= 15 is 0 Å². The molecule has 0 fully saturated rings. The van der Waals surface area contributed by atoms with Gasteiger partial charge in [-0.1, -0.05) is 6.07 Å². The highest BCUT2D eigenvalue weighted by atomic mass is 16.5. The van der Waals surface area contributed by atoms with Crippen LogP contribution in [0.2, 0.25) is 0 Å². The van der Waals surface area contributed by atoms with E-state index in [-0.39, 0.29) is 12.3 Å². The van der Waals surface area contributed by atoms with Gasteiger partial charge in [-0.3, -0.25) is 0 Å². The Balaban J connectivity index is 2.77. The van der Waals surface area contributed by atoms with Crippen LogP contribution in [-0.4, -0.2) is 35.8 Å². The summed E-state index contributed by atoms with van der Waals surface area (Å²) in [4.78, 5) is 14.7. The maximum Gasteiger partial charge on any atom is 0.328 e. The van der Waals surface area contributed by atoms with E-state index in [1.807, 2.05) is 6.07 Å². The number of aliphatic carboxylic acids is 1. The van der Waals surface area contributed by atoms with Crippen molar-refractivity contribution in [1.29, 1.82) is 5.26 Å². The summed E-state index contributed by atoms with van der Waals surface area (Å²) in [6.07, 6.45) is 0. The molecule has 6 heteroatoms. The summed E-state index contributed by atoms with van der Waals surface area (Å²) in [6, 6.07) is 5.74. The predicted molar refractivity (Wildman–Crippen MR) is 55.9 cm³/mol. The van der Waals surface area contributed by atoms with Gasteiger partial charge in [0.2, 0.25) is 0 Å². The van der Waals surface area contributed by atoms with Crippen LogP contribution in [-0.2, 0) is 9.53 Å². The average Bonchev–Trinajstić information content (AvgIpc) is 2.28. The highest BCUT2D eigenvalue weighted by Crippen LogP contribution is 2.06. The molecule has 0 aliphatic heterocycles. The molecule has 16 heavy (non-hydrogen) atoms. The Morgan fingerprint density at radius 3 is 3.06 bits per heavy atom. The van der Waals surface area contributed by atoms with E-state index in [0.29, 0.717) is 5.82 Å². The first-order chi connectivity index (χ1) is 7.67. The second kappa shape index (κ2) is 5.68. The van der Waals surface area contributed by atoms with Crippen molar-refractivity contribution in [3.05, 3.63) is 23.9 Å². The largest absolute Gasteiger partial charge is 0.480 e. The molecule has 1 aromatic rings. The number of methoxy groups -OCH3 is 1. The van der Waals surface area contributed by atoms with Crippen LogP contribution in [0.25, 0.3) is 0 Å². The minimum atomic E-state index is -1.04. The number of carboxylic acids is 1. The van der Waals surface area contributed by atoms with Crippen LogP contribution in [0.5, 0.6) is 0 Å². The molecule has 0 amide bonds. The quantitative estimate of drug-likeness (QED) is 0.750. The number of carbonyl (C=O) groups is 1. The molecule has 1 rings (SSSR count). The van der Waals surface area contributed by atoms with E-state index in [4.69, 9.17) is 15.1 Å². The first kappa shape index (κ1) is 11.9. The van der Waals surface area contributed by atoms with Crippen LogP contribution in [0.4, 0.5) is 5.82 Å². The van der Waals surface area contributed by atoms with Crippen molar-refractivity contribution in [2.75, 3.05) is 19.0 Å². The van der Waals surface area contributed by atoms with Crippen molar-refractivity contribution in [2.24, 2.45) is 0 Å². The Morgan fingerprint density at radius 1 is 1.75 bits per heavy atom. The zero-order valence-corrected chi connectivity index (χ0v) is 8.67. The molecule has 1 unspecified atom stereocenters. The third kappa shape index (κ3) is 3.22. The topological polar surface area (TPSA) is 95.2 Å². The summed E-state index contributed by atoms with van der Waals surface area (Å²) in [6.45, 7) is 0.0216. The van der Waals surface area contributed by atoms with Crippen molar-refractivity contribution in [3.8, 4) is 6.07 Å². The van der Waals surface area contributed by atoms with Gasteiger partial charge < -0.3 is 15.2 Å². The van der Waals surface area contributed by atoms with Gasteiger partial charge in [-0.2, -0.15) is 5.26 Å². The van der Waals surface area contributed by atoms with Gasteiger partial charge in [0.1, 0.15) is 23.6 Å². The van der Waals surface area contributed by atoms with Gasteiger partial charge >= 0.3 is 5.97 Å². The lowest BCUT2D eigenvalue weighted by molar-refractivity contribution is -0.139. The van der Waals surface area contributed by atoms with Gasteiger partial charge in [0.15, 0.2) is 0 Å². The third-order valence-electron chi connectivity index (χ3n) is 1.82. The van der Waals surface area contributed by atoms with E-state index in [9.17, 15) is 4.79 Å². The Hall–Kier alpha value is -2.13. The summed E-state index contributed by atoms with van der Waals surface area (Å²) < 4.78 is 4.76. The summed E-state index contributed by atoms with van der Waals surface area (Å²) in [5, 5.41) is 20.2. The lowest BCUT2D eigenvalue weighted by atomic mass is 10.3. The maximum atomic E-state index is 10.8. The number of anilines is 1. The fourth-order valence-electron chi connectivity index (χ4n) is 1.10. The van der Waals surface area contributed by atoms with Crippen molar-refractivity contribution in [2.45, 2.75) is 6.04 Å². The van der Waals surface area contributed by atoms with Gasteiger partial charge in [0.05, 0.1) is 6.61 Å². The highest BCUT2D eigenvalue weighted by Gasteiger charge is 2.17. The number of nitrogens with one attached hydrogen (secondary N) is 1. The Labute approximate surface area is 92.5 Å². The minimum Gasteiger partial charge on any atom is -0.480 e. The van der Waals surface area contributed by atoms with Crippen LogP contribution in [0.15, 0.2) is 18.2 Å². The van der Waals surface area contributed by atoms with Crippen LogP contribution in [0.1, 0.15) is 5.69 Å². The number of hydrogen-bond acceptors (Lipinski definition) is 5. The first-order valence-electron chi connectivity index (χ1n) is 4.53. The van der Waals surface area contributed by atoms with Crippen molar-refractivity contribution >= 4 is 11.8 Å². The van der Waals surface area contributed by atoms with Gasteiger partial charge in [-0.05, 0) is 12.1 Å². The summed E-state index contributed by atoms with van der Waals surface area (Å²) in [5.41, 5.74) is 0.228. The van der Waals surface area contributed by atoms with Gasteiger partial charge in [-0.25, -0.2) is 9.78 Å². The monoisotopic (exact) mass is 221 g/mol. The zero-order valence-electron chi connectivity index (χ0n) is 8.67. The fraction of sp³-hybridized carbons (Fsp3) is 0.300. The summed E-state index contributed by atoms with van der Waals surface area (Å²) in [5.74, 6) is -0.700. The van der Waals surface area contributed by atoms with Crippen molar-refractivity contribution < 1.29 is 14.6 Å². The van der Waals surface area contributed by atoms with E-state index in [1.54, 1.807) is 12.1 Å². The summed E-state index contributed by atoms with van der Waals surface area (Å²) in [7, 11) is 1.41. The molecular formula is C10H11N3O3. The van der Waals surface area contributed by atoms with E-state index in [2.05, 4.69) is 10.3 Å². The van der Waals surface area contributed by atoms with Crippen LogP contribution in [0, 0.1) is 11.3 Å². The molecule has 0 aliphatic carbocycles. The molecule has 0 spiro atoms. The second-order valence-electron chi connectivity index (χ2n) is 3.01. The minimum absolute atomic E-state index is 0.0216. The van der Waals surface area contributed by atoms with Gasteiger partial charge in [0, 0.05) is 7.11 Å². The first-order valence-corrected chi connectivity index (χ1v) is 4.53. The molecule has 0 aromatic carbocycles. The van der Waals surface area contributed by atoms with Crippen LogP contribution in [0.3, 0.4) is 0 Å². The van der Waals surface area contributed by atoms with Crippen LogP contribution < -0.4 is 5.32 Å². The predicted octanol–water partition coefficient (Wildman–Crippen LogP) is 0.465. The average molecular weight is 221 g/mol. The number of aromatic nitrogens is 1. The zero-order chi connectivity index (χ0) is 12.0. The molecule has 2 N–H and O–H groups in total. The SMILES string of the molecule is COCC(Nc1cccc(C#N)n1)C(=O)O. The lowest BCUT2D eigenvalue weighted by Gasteiger charge is -2.13. The van der Waals surface area contributed by atoms with E-state index in [0.717, 1.165) is 0 Å². The molecule has 1 aromatic heterocycles. The Morgan fingerprint density at radius 2 is 2.50 bits per heavy atom. The molecule has 0 aliphatic rings. The number of nitrogens with zero attached hydrogens (tertiary/aromatic N) is 2. The smallest absolute Gasteiger partial charge is 0.328 e. The molecule has 0 radical (unpaired) electrons. The molecular weight excluding hydrogens is 210 g/mol. The number of ether oxygens (including phenoxy) is 1. The standard InChI is InChI=1S/C10H11N3O3/c1-16-6-8(10(14)15)13-9-4-2-3-7(5-11)12-9/h2-4,8H,6H2,1H3,(H,12,13)(H,14,15). The molecule has 6 nitrogen and oxygen atoms in total. The molecule has 84 valence electrons. The highest BCUT2D eigenvalue weighted by molar-refractivity contribution is 5.77. The Bertz CT molecular complexity index is 414. The normalized spacial score (nSPS) is 11.5. The van der Waals surface area contributed by atoms with E-state index < -0.39 is 12.0 Å². The number of nitriles is 1. The third-order valence-corrected chi connectivity index (χ3v) is 1.82. The second-order valence-corrected chi connectivity index (χ2v) is 3.01. The molecule has 1 atom stereocenters. The van der Waals surface area contributed by atoms with E-state index in [1.165, 1.54) is 13.2 Å². The molecule has 1 heterocycles. The fourth-order valence-corrected chi connectivity index (χ4v) is 1.10. The molecule has 0 saturated carbocycles. The maximum absolute atomic E-state index is 10.8. The number of carboxylic acid groups (broad SMARTS) is 1. The number of rotatable bonds is 5. The van der Waals surface area contributed by atoms with Crippen molar-refractivity contribution in [1.82, 2.24) is 4.98 Å². The molecule has 0 bridgehead atoms. The number of pyridine rings is 1. The van der Waals surface area contributed by atoms with Crippen LogP contribution >= 0.6 is 0 Å². The van der Waals surface area contributed by atoms with Gasteiger partial charge in [-0.15, -0.1) is 0 Å². The number of hydrogen-bond donors (Lipinski definition) is 2. The lowest BCUT2D eigenvalue weighted by Crippen LogP contribution is -2.33. The van der Waals surface area contributed by atoms with Crippen molar-refractivity contribution in [3.63, 3.8) is 0 Å².